The monoisotopic (exact) mass is 146 g/mol. The van der Waals surface area contributed by atoms with E-state index in [4.69, 9.17) is 0 Å². The maximum Gasteiger partial charge on any atom is 0.0572 e. The highest BCUT2D eigenvalue weighted by Gasteiger charge is 1.84. The fraction of sp³-hybridized carbons (Fsp3) is 1.00. The van der Waals surface area contributed by atoms with Crippen molar-refractivity contribution in [1.82, 2.24) is 10.8 Å². The number of nitrogens with one attached hydrogen (secondary N) is 2. The molecule has 0 radical (unpaired) electrons. The Morgan fingerprint density at radius 2 is 2.00 bits per heavy atom. The van der Waals surface area contributed by atoms with E-state index in [1.165, 1.54) is 6.42 Å². The second-order valence-electron chi connectivity index (χ2n) is 2.20. The van der Waals surface area contributed by atoms with Crippen LogP contribution in [0.1, 0.15) is 19.8 Å². The molecule has 3 heteroatoms. The molecular weight excluding hydrogens is 128 g/mol. The predicted molar refractivity (Wildman–Crippen MR) is 42.8 cm³/mol. The molecule has 0 unspecified atom stereocenters. The van der Waals surface area contributed by atoms with Crippen LogP contribution in [0.15, 0.2) is 0 Å². The fourth-order valence-corrected chi connectivity index (χ4v) is 0.689. The van der Waals surface area contributed by atoms with E-state index in [0.717, 1.165) is 26.1 Å². The van der Waals surface area contributed by atoms with Gasteiger partial charge in [0.05, 0.1) is 7.11 Å². The van der Waals surface area contributed by atoms with Crippen molar-refractivity contribution in [2.24, 2.45) is 0 Å². The minimum atomic E-state index is 0.924. The highest BCUT2D eigenvalue weighted by atomic mass is 16.6. The lowest BCUT2D eigenvalue weighted by molar-refractivity contribution is 0.0910. The second kappa shape index (κ2) is 8.88. The van der Waals surface area contributed by atoms with Gasteiger partial charge in [-0.3, -0.25) is 0 Å². The molecule has 0 aliphatic heterocycles. The van der Waals surface area contributed by atoms with Crippen LogP contribution in [0.25, 0.3) is 0 Å². The van der Waals surface area contributed by atoms with Crippen LogP contribution in [-0.4, -0.2) is 26.7 Å². The van der Waals surface area contributed by atoms with E-state index in [-0.39, 0.29) is 0 Å². The predicted octanol–water partition coefficient (Wildman–Crippen LogP) is 0.527. The lowest BCUT2D eigenvalue weighted by Crippen LogP contribution is -2.21. The Hall–Kier alpha value is -0.120. The van der Waals surface area contributed by atoms with Crippen molar-refractivity contribution < 1.29 is 4.84 Å². The molecule has 0 aromatic carbocycles. The summed E-state index contributed by atoms with van der Waals surface area (Å²) in [5.41, 5.74) is 2.79. The van der Waals surface area contributed by atoms with E-state index in [0.29, 0.717) is 0 Å². The van der Waals surface area contributed by atoms with Crippen LogP contribution in [0.2, 0.25) is 0 Å². The van der Waals surface area contributed by atoms with Crippen LogP contribution in [0.5, 0.6) is 0 Å². The highest BCUT2D eigenvalue weighted by Crippen LogP contribution is 1.74. The van der Waals surface area contributed by atoms with Gasteiger partial charge < -0.3 is 10.2 Å². The van der Waals surface area contributed by atoms with Gasteiger partial charge in [-0.2, -0.15) is 0 Å². The first kappa shape index (κ1) is 9.88. The van der Waals surface area contributed by atoms with E-state index in [9.17, 15) is 0 Å². The van der Waals surface area contributed by atoms with Crippen LogP contribution in [-0.2, 0) is 4.84 Å². The van der Waals surface area contributed by atoms with Crippen molar-refractivity contribution in [2.45, 2.75) is 19.8 Å². The molecular formula is C7H18N2O. The SMILES string of the molecule is CCCNCCCNOC. The Balaban J connectivity index is 2.65. The zero-order chi connectivity index (χ0) is 7.66. The van der Waals surface area contributed by atoms with Crippen LogP contribution >= 0.6 is 0 Å². The average Bonchev–Trinajstić information content (AvgIpc) is 1.97. The van der Waals surface area contributed by atoms with Crippen LogP contribution < -0.4 is 10.8 Å². The number of hydrogen-bond acceptors (Lipinski definition) is 3. The topological polar surface area (TPSA) is 33.3 Å². The molecule has 0 saturated heterocycles. The van der Waals surface area contributed by atoms with Gasteiger partial charge in [0.1, 0.15) is 0 Å². The van der Waals surface area contributed by atoms with Gasteiger partial charge >= 0.3 is 0 Å². The van der Waals surface area contributed by atoms with E-state index >= 15 is 0 Å². The van der Waals surface area contributed by atoms with Gasteiger partial charge in [-0.1, -0.05) is 6.92 Å². The summed E-state index contributed by atoms with van der Waals surface area (Å²) in [7, 11) is 1.64. The van der Waals surface area contributed by atoms with Crippen molar-refractivity contribution in [1.29, 1.82) is 0 Å². The first-order valence-corrected chi connectivity index (χ1v) is 3.88. The Morgan fingerprint density at radius 3 is 2.60 bits per heavy atom. The summed E-state index contributed by atoms with van der Waals surface area (Å²) in [6.07, 6.45) is 2.32. The Bertz CT molecular complexity index is 51.6. The number of hydroxylamine groups is 1. The smallest absolute Gasteiger partial charge is 0.0572 e. The van der Waals surface area contributed by atoms with Crippen molar-refractivity contribution in [3.8, 4) is 0 Å². The van der Waals surface area contributed by atoms with E-state index in [1.807, 2.05) is 0 Å². The van der Waals surface area contributed by atoms with Gasteiger partial charge in [-0.05, 0) is 25.9 Å². The summed E-state index contributed by atoms with van der Waals surface area (Å²) in [4.78, 5) is 4.67. The summed E-state index contributed by atoms with van der Waals surface area (Å²) in [6.45, 7) is 5.28. The van der Waals surface area contributed by atoms with E-state index < -0.39 is 0 Å². The zero-order valence-corrected chi connectivity index (χ0v) is 6.94. The first-order chi connectivity index (χ1) is 4.91. The maximum absolute atomic E-state index is 4.67. The summed E-state index contributed by atoms with van der Waals surface area (Å²) in [5.74, 6) is 0. The fourth-order valence-electron chi connectivity index (χ4n) is 0.689. The van der Waals surface area contributed by atoms with Crippen LogP contribution in [0.4, 0.5) is 0 Å². The molecule has 0 atom stereocenters. The minimum absolute atomic E-state index is 0.924. The lowest BCUT2D eigenvalue weighted by atomic mass is 10.4. The molecule has 10 heavy (non-hydrogen) atoms. The third kappa shape index (κ3) is 7.88. The normalized spacial score (nSPS) is 10.2. The Morgan fingerprint density at radius 1 is 1.20 bits per heavy atom. The molecule has 0 aromatic rings. The van der Waals surface area contributed by atoms with Gasteiger partial charge in [0.15, 0.2) is 0 Å². The first-order valence-electron chi connectivity index (χ1n) is 3.88. The molecule has 0 heterocycles. The number of rotatable bonds is 7. The van der Waals surface area contributed by atoms with E-state index in [2.05, 4.69) is 22.6 Å². The van der Waals surface area contributed by atoms with Gasteiger partial charge in [-0.15, -0.1) is 0 Å². The molecule has 2 N–H and O–H groups in total. The van der Waals surface area contributed by atoms with E-state index in [1.54, 1.807) is 7.11 Å². The summed E-state index contributed by atoms with van der Waals surface area (Å²) >= 11 is 0. The van der Waals surface area contributed by atoms with Crippen LogP contribution in [0.3, 0.4) is 0 Å². The Labute approximate surface area is 63.1 Å². The quantitative estimate of drug-likeness (QED) is 0.406. The molecule has 62 valence electrons. The van der Waals surface area contributed by atoms with Crippen molar-refractivity contribution in [3.63, 3.8) is 0 Å². The van der Waals surface area contributed by atoms with Crippen molar-refractivity contribution in [3.05, 3.63) is 0 Å². The summed E-state index contributed by atoms with van der Waals surface area (Å²) in [5, 5.41) is 3.30. The molecule has 0 bridgehead atoms. The van der Waals surface area contributed by atoms with Gasteiger partial charge in [0.25, 0.3) is 0 Å². The second-order valence-corrected chi connectivity index (χ2v) is 2.20. The summed E-state index contributed by atoms with van der Waals surface area (Å²) < 4.78 is 0. The molecule has 0 saturated carbocycles. The van der Waals surface area contributed by atoms with Crippen molar-refractivity contribution >= 4 is 0 Å². The largest absolute Gasteiger partial charge is 0.317 e. The third-order valence-electron chi connectivity index (χ3n) is 1.20. The zero-order valence-electron chi connectivity index (χ0n) is 6.94. The lowest BCUT2D eigenvalue weighted by Gasteiger charge is -2.02. The van der Waals surface area contributed by atoms with Gasteiger partial charge in [-0.25, -0.2) is 5.48 Å². The highest BCUT2D eigenvalue weighted by molar-refractivity contribution is 4.45. The third-order valence-corrected chi connectivity index (χ3v) is 1.20. The molecule has 0 rings (SSSR count). The molecule has 0 aliphatic carbocycles. The summed E-state index contributed by atoms with van der Waals surface area (Å²) in [6, 6.07) is 0. The minimum Gasteiger partial charge on any atom is -0.317 e. The molecule has 0 spiro atoms. The van der Waals surface area contributed by atoms with Crippen LogP contribution in [0, 0.1) is 0 Å². The number of hydrogen-bond donors (Lipinski definition) is 2. The maximum atomic E-state index is 4.67. The van der Waals surface area contributed by atoms with Gasteiger partial charge in [0.2, 0.25) is 0 Å². The molecule has 3 nitrogen and oxygen atoms in total. The molecule has 0 fully saturated rings. The molecule has 0 amide bonds. The molecule has 0 aliphatic rings. The molecule has 0 aromatic heterocycles. The van der Waals surface area contributed by atoms with Crippen molar-refractivity contribution in [2.75, 3.05) is 26.7 Å². The van der Waals surface area contributed by atoms with Gasteiger partial charge in [0, 0.05) is 6.54 Å². The average molecular weight is 146 g/mol. The Kier molecular flexibility index (Phi) is 8.77. The standard InChI is InChI=1S/C7H18N2O/c1-3-5-8-6-4-7-9-10-2/h8-9H,3-7H2,1-2H3.